The van der Waals surface area contributed by atoms with Gasteiger partial charge in [0.15, 0.2) is 5.78 Å². The number of fused-ring (bicyclic) bond motifs is 5. The zero-order valence-electron chi connectivity index (χ0n) is 10.6. The maximum absolute atomic E-state index is 12.5. The van der Waals surface area contributed by atoms with Crippen molar-refractivity contribution >= 4 is 17.9 Å². The minimum absolute atomic E-state index is 0.261. The zero-order chi connectivity index (χ0) is 12.8. The van der Waals surface area contributed by atoms with Crippen LogP contribution in [0.25, 0.3) is 23.3 Å². The van der Waals surface area contributed by atoms with Crippen LogP contribution in [0.4, 0.5) is 0 Å². The smallest absolute Gasteiger partial charge is 0.168 e. The van der Waals surface area contributed by atoms with Crippen molar-refractivity contribution in [3.8, 4) is 11.1 Å². The van der Waals surface area contributed by atoms with Crippen molar-refractivity contribution < 1.29 is 4.79 Å². The summed E-state index contributed by atoms with van der Waals surface area (Å²) in [6, 6.07) is 12.5. The second kappa shape index (κ2) is 3.92. The summed E-state index contributed by atoms with van der Waals surface area (Å²) in [5, 5.41) is 2.38. The van der Waals surface area contributed by atoms with Gasteiger partial charge in [-0.05, 0) is 40.0 Å². The molecule has 0 N–H and O–H groups in total. The molecule has 0 unspecified atom stereocenters. The Hall–Kier alpha value is -2.15. The van der Waals surface area contributed by atoms with E-state index in [1.54, 1.807) is 0 Å². The summed E-state index contributed by atoms with van der Waals surface area (Å²) >= 11 is 0. The highest BCUT2D eigenvalue weighted by molar-refractivity contribution is 6.07. The van der Waals surface area contributed by atoms with E-state index in [1.165, 1.54) is 10.8 Å². The lowest BCUT2D eigenvalue weighted by atomic mass is 9.82. The third-order valence-corrected chi connectivity index (χ3v) is 4.10. The van der Waals surface area contributed by atoms with Gasteiger partial charge in [-0.3, -0.25) is 4.79 Å². The highest BCUT2D eigenvalue weighted by Crippen LogP contribution is 2.31. The van der Waals surface area contributed by atoms with Crippen molar-refractivity contribution in [2.45, 2.75) is 19.3 Å². The molecule has 92 valence electrons. The van der Waals surface area contributed by atoms with Crippen LogP contribution in [0.3, 0.4) is 0 Å². The molecule has 19 heavy (non-hydrogen) atoms. The summed E-state index contributed by atoms with van der Waals surface area (Å²) in [4.78, 5) is 12.5. The van der Waals surface area contributed by atoms with E-state index in [0.717, 1.165) is 34.8 Å². The molecule has 2 aliphatic rings. The molecular formula is C18H14O. The van der Waals surface area contributed by atoms with E-state index in [4.69, 9.17) is 0 Å². The van der Waals surface area contributed by atoms with Gasteiger partial charge < -0.3 is 0 Å². The van der Waals surface area contributed by atoms with E-state index in [1.807, 2.05) is 12.1 Å². The Morgan fingerprint density at radius 2 is 1.68 bits per heavy atom. The number of hydrogen-bond acceptors (Lipinski definition) is 1. The standard InChI is InChI=1S/C18H14O/c19-17-11-13-6-2-3-7-14(13)16-10-9-12-5-1-4-8-15(12)18(16)17/h2-3,5-10H,1,4,11H2. The van der Waals surface area contributed by atoms with Gasteiger partial charge in [-0.15, -0.1) is 0 Å². The lowest BCUT2D eigenvalue weighted by Crippen LogP contribution is -2.35. The van der Waals surface area contributed by atoms with Crippen LogP contribution in [0.15, 0.2) is 36.4 Å². The SMILES string of the molecule is O=C1Cc2ccccc2-c2ccc3c(c21)=CCCC=3. The number of benzene rings is 2. The maximum atomic E-state index is 12.5. The fraction of sp³-hybridized carbons (Fsp3) is 0.167. The predicted molar refractivity (Wildman–Crippen MR) is 77.3 cm³/mol. The van der Waals surface area contributed by atoms with Crippen LogP contribution in [-0.2, 0) is 6.42 Å². The molecule has 0 heterocycles. The molecule has 1 heteroatoms. The average Bonchev–Trinajstić information content (AvgIpc) is 2.46. The monoisotopic (exact) mass is 246 g/mol. The molecular weight excluding hydrogens is 232 g/mol. The molecule has 0 radical (unpaired) electrons. The van der Waals surface area contributed by atoms with Crippen LogP contribution in [0.5, 0.6) is 0 Å². The third kappa shape index (κ3) is 1.51. The zero-order valence-corrected chi connectivity index (χ0v) is 10.6. The Bertz CT molecular complexity index is 812. The molecule has 0 saturated carbocycles. The van der Waals surface area contributed by atoms with Gasteiger partial charge in [0.1, 0.15) is 0 Å². The van der Waals surface area contributed by atoms with Crippen LogP contribution in [0.2, 0.25) is 0 Å². The first-order chi connectivity index (χ1) is 9.34. The molecule has 0 aromatic heterocycles. The Balaban J connectivity index is 2.15. The number of carbonyl (C=O) groups excluding carboxylic acids is 1. The van der Waals surface area contributed by atoms with Crippen molar-refractivity contribution in [2.24, 2.45) is 0 Å². The van der Waals surface area contributed by atoms with Gasteiger partial charge in [0.2, 0.25) is 0 Å². The third-order valence-electron chi connectivity index (χ3n) is 4.10. The van der Waals surface area contributed by atoms with Gasteiger partial charge in [0.25, 0.3) is 0 Å². The Kier molecular flexibility index (Phi) is 2.22. The number of rotatable bonds is 0. The van der Waals surface area contributed by atoms with Gasteiger partial charge in [-0.25, -0.2) is 0 Å². The van der Waals surface area contributed by atoms with E-state index in [-0.39, 0.29) is 5.78 Å². The quantitative estimate of drug-likeness (QED) is 0.698. The Morgan fingerprint density at radius 3 is 2.63 bits per heavy atom. The average molecular weight is 246 g/mol. The molecule has 0 amide bonds. The predicted octanol–water partition coefficient (Wildman–Crippen LogP) is 2.45. The van der Waals surface area contributed by atoms with Crippen molar-refractivity contribution in [3.05, 3.63) is 58.0 Å². The number of Topliss-reactive ketones (excluding diaryl/α,β-unsaturated/α-hetero) is 1. The number of ketones is 1. The van der Waals surface area contributed by atoms with E-state index in [9.17, 15) is 4.79 Å². The first-order valence-corrected chi connectivity index (χ1v) is 6.79. The van der Waals surface area contributed by atoms with Crippen molar-refractivity contribution in [3.63, 3.8) is 0 Å². The molecule has 0 aliphatic heterocycles. The summed E-state index contributed by atoms with van der Waals surface area (Å²) in [5.41, 5.74) is 4.42. The van der Waals surface area contributed by atoms with Gasteiger partial charge in [-0.2, -0.15) is 0 Å². The van der Waals surface area contributed by atoms with Gasteiger partial charge in [0.05, 0.1) is 0 Å². The van der Waals surface area contributed by atoms with Crippen LogP contribution < -0.4 is 10.4 Å². The molecule has 0 fully saturated rings. The van der Waals surface area contributed by atoms with Crippen LogP contribution in [-0.4, -0.2) is 5.78 Å². The highest BCUT2D eigenvalue weighted by atomic mass is 16.1. The summed E-state index contributed by atoms with van der Waals surface area (Å²) in [6.07, 6.45) is 7.12. The molecule has 1 nitrogen and oxygen atoms in total. The van der Waals surface area contributed by atoms with Crippen molar-refractivity contribution in [1.82, 2.24) is 0 Å². The van der Waals surface area contributed by atoms with Gasteiger partial charge in [-0.1, -0.05) is 48.6 Å². The van der Waals surface area contributed by atoms with E-state index >= 15 is 0 Å². The minimum Gasteiger partial charge on any atom is -0.294 e. The van der Waals surface area contributed by atoms with Crippen molar-refractivity contribution in [2.75, 3.05) is 0 Å². The Labute approximate surface area is 111 Å². The number of hydrogen-bond donors (Lipinski definition) is 0. The second-order valence-electron chi connectivity index (χ2n) is 5.23. The first-order valence-electron chi connectivity index (χ1n) is 6.79. The van der Waals surface area contributed by atoms with Crippen molar-refractivity contribution in [1.29, 1.82) is 0 Å². The van der Waals surface area contributed by atoms with Crippen LogP contribution >= 0.6 is 0 Å². The second-order valence-corrected chi connectivity index (χ2v) is 5.23. The molecule has 2 aromatic rings. The van der Waals surface area contributed by atoms with Crippen LogP contribution in [0.1, 0.15) is 28.8 Å². The largest absolute Gasteiger partial charge is 0.294 e. The molecule has 0 spiro atoms. The van der Waals surface area contributed by atoms with Gasteiger partial charge in [0, 0.05) is 12.0 Å². The summed E-state index contributed by atoms with van der Waals surface area (Å²) in [7, 11) is 0. The molecule has 0 bridgehead atoms. The Morgan fingerprint density at radius 1 is 0.842 bits per heavy atom. The van der Waals surface area contributed by atoms with E-state index < -0.39 is 0 Å². The molecule has 2 aromatic carbocycles. The fourth-order valence-corrected chi connectivity index (χ4v) is 3.22. The summed E-state index contributed by atoms with van der Waals surface area (Å²) < 4.78 is 0. The maximum Gasteiger partial charge on any atom is 0.168 e. The van der Waals surface area contributed by atoms with E-state index in [2.05, 4.69) is 36.4 Å². The molecule has 0 saturated heterocycles. The lowest BCUT2D eigenvalue weighted by Gasteiger charge is -2.20. The van der Waals surface area contributed by atoms with Crippen LogP contribution in [0, 0.1) is 0 Å². The summed E-state index contributed by atoms with van der Waals surface area (Å²) in [5.74, 6) is 0.261. The topological polar surface area (TPSA) is 17.1 Å². The van der Waals surface area contributed by atoms with E-state index in [0.29, 0.717) is 6.42 Å². The van der Waals surface area contributed by atoms with Gasteiger partial charge >= 0.3 is 0 Å². The molecule has 0 atom stereocenters. The first kappa shape index (κ1) is 10.7. The lowest BCUT2D eigenvalue weighted by molar-refractivity contribution is 0.0991. The minimum atomic E-state index is 0.261. The molecule has 4 rings (SSSR count). The fourth-order valence-electron chi connectivity index (χ4n) is 3.22. The number of carbonyl (C=O) groups is 1. The highest BCUT2D eigenvalue weighted by Gasteiger charge is 2.23. The normalized spacial score (nSPS) is 15.7. The molecule has 2 aliphatic carbocycles. The summed E-state index contributed by atoms with van der Waals surface area (Å²) in [6.45, 7) is 0.